The molecule has 2 aromatic rings. The van der Waals surface area contributed by atoms with E-state index in [1.807, 2.05) is 0 Å². The van der Waals surface area contributed by atoms with Crippen LogP contribution in [0.4, 0.5) is 0 Å². The van der Waals surface area contributed by atoms with Crippen LogP contribution in [0, 0.1) is 0 Å². The summed E-state index contributed by atoms with van der Waals surface area (Å²) in [7, 11) is -1.99. The van der Waals surface area contributed by atoms with Crippen molar-refractivity contribution in [1.29, 1.82) is 0 Å². The number of fused-ring (bicyclic) bond motifs is 1. The zero-order valence-electron chi connectivity index (χ0n) is 7.68. The molecular formula is C9H8BNO4. The first kappa shape index (κ1) is 9.76. The number of para-hydroxylation sites is 1. The van der Waals surface area contributed by atoms with Crippen molar-refractivity contribution in [2.45, 2.75) is 0 Å². The second-order valence-electron chi connectivity index (χ2n) is 2.99. The van der Waals surface area contributed by atoms with Gasteiger partial charge in [0.05, 0.1) is 0 Å². The first-order valence-corrected chi connectivity index (χ1v) is 4.32. The van der Waals surface area contributed by atoms with Crippen LogP contribution < -0.4 is 10.2 Å². The molecule has 0 bridgehead atoms. The molecule has 76 valence electrons. The van der Waals surface area contributed by atoms with E-state index in [1.54, 1.807) is 24.3 Å². The van der Waals surface area contributed by atoms with Crippen LogP contribution in [-0.4, -0.2) is 22.4 Å². The van der Waals surface area contributed by atoms with Gasteiger partial charge in [-0.2, -0.15) is 0 Å². The van der Waals surface area contributed by atoms with Crippen molar-refractivity contribution in [3.8, 4) is 5.75 Å². The Hall–Kier alpha value is -1.79. The van der Waals surface area contributed by atoms with Crippen molar-refractivity contribution in [2.75, 3.05) is 0 Å². The molecule has 15 heavy (non-hydrogen) atoms. The molecule has 0 amide bonds. The molecule has 0 saturated carbocycles. The lowest BCUT2D eigenvalue weighted by Gasteiger charge is -2.04. The molecule has 0 fully saturated rings. The first-order valence-electron chi connectivity index (χ1n) is 4.32. The summed E-state index contributed by atoms with van der Waals surface area (Å²) in [4.78, 5) is 13.9. The molecule has 0 unspecified atom stereocenters. The Kier molecular flexibility index (Phi) is 2.45. The van der Waals surface area contributed by atoms with Gasteiger partial charge in [0.2, 0.25) is 0 Å². The van der Waals surface area contributed by atoms with Crippen molar-refractivity contribution in [3.63, 3.8) is 0 Å². The molecule has 1 aromatic carbocycles. The maximum Gasteiger partial charge on any atom is 0.707 e. The number of hydrogen-bond acceptors (Lipinski definition) is 4. The van der Waals surface area contributed by atoms with Crippen molar-refractivity contribution in [3.05, 3.63) is 40.7 Å². The van der Waals surface area contributed by atoms with E-state index < -0.39 is 12.9 Å². The quantitative estimate of drug-likeness (QED) is 0.596. The van der Waals surface area contributed by atoms with Gasteiger partial charge in [0.1, 0.15) is 0 Å². The van der Waals surface area contributed by atoms with Gasteiger partial charge in [-0.15, -0.1) is 0 Å². The van der Waals surface area contributed by atoms with Crippen LogP contribution in [0.3, 0.4) is 0 Å². The summed E-state index contributed by atoms with van der Waals surface area (Å²) in [6, 6.07) is 8.57. The molecule has 0 aliphatic heterocycles. The van der Waals surface area contributed by atoms with E-state index in [2.05, 4.69) is 9.64 Å². The summed E-state index contributed by atoms with van der Waals surface area (Å²) < 4.78 is 4.52. The van der Waals surface area contributed by atoms with Gasteiger partial charge in [-0.1, -0.05) is 18.2 Å². The second kappa shape index (κ2) is 3.76. The predicted octanol–water partition coefficient (Wildman–Crippen LogP) is -0.124. The number of aromatic amines is 1. The van der Waals surface area contributed by atoms with Gasteiger partial charge in [0, 0.05) is 10.9 Å². The lowest BCUT2D eigenvalue weighted by Crippen LogP contribution is -2.24. The molecule has 6 heteroatoms. The minimum atomic E-state index is -1.99. The van der Waals surface area contributed by atoms with Crippen LogP contribution in [0.25, 0.3) is 10.9 Å². The molecule has 0 aliphatic rings. The molecule has 3 N–H and O–H groups in total. The van der Waals surface area contributed by atoms with Gasteiger partial charge in [0.25, 0.3) is 5.56 Å². The number of benzene rings is 1. The Bertz CT molecular complexity index is 537. The van der Waals surface area contributed by atoms with Crippen LogP contribution in [0.1, 0.15) is 0 Å². The Balaban J connectivity index is 2.57. The third-order valence-electron chi connectivity index (χ3n) is 1.95. The number of H-pyrrole nitrogens is 1. The number of aromatic nitrogens is 1. The predicted molar refractivity (Wildman–Crippen MR) is 55.4 cm³/mol. The van der Waals surface area contributed by atoms with Crippen LogP contribution in [-0.2, 0) is 0 Å². The van der Waals surface area contributed by atoms with Crippen molar-refractivity contribution in [1.82, 2.24) is 4.98 Å². The van der Waals surface area contributed by atoms with E-state index in [0.717, 1.165) is 5.39 Å². The molecule has 2 rings (SSSR count). The molecule has 0 atom stereocenters. The molecule has 1 aromatic heterocycles. The number of nitrogens with one attached hydrogen (secondary N) is 1. The normalized spacial score (nSPS) is 10.3. The summed E-state index contributed by atoms with van der Waals surface area (Å²) in [5, 5.41) is 17.9. The van der Waals surface area contributed by atoms with Crippen molar-refractivity contribution in [2.24, 2.45) is 0 Å². The van der Waals surface area contributed by atoms with Gasteiger partial charge < -0.3 is 19.7 Å². The Morgan fingerprint density at radius 3 is 2.73 bits per heavy atom. The molecule has 0 saturated heterocycles. The standard InChI is InChI=1S/C9H8BNO4/c12-9-8(15-10(13)14)5-6-3-1-2-4-7(6)11-9/h1-5,13-14H,(H,11,12). The summed E-state index contributed by atoms with van der Waals surface area (Å²) in [6.45, 7) is 0. The van der Waals surface area contributed by atoms with E-state index in [1.165, 1.54) is 6.07 Å². The Morgan fingerprint density at radius 2 is 2.00 bits per heavy atom. The van der Waals surface area contributed by atoms with E-state index in [9.17, 15) is 4.79 Å². The van der Waals surface area contributed by atoms with Crippen molar-refractivity contribution < 1.29 is 14.7 Å². The number of hydrogen-bond donors (Lipinski definition) is 3. The highest BCUT2D eigenvalue weighted by molar-refractivity contribution is 6.33. The molecular weight excluding hydrogens is 197 g/mol. The fourth-order valence-electron chi connectivity index (χ4n) is 1.33. The molecule has 0 radical (unpaired) electrons. The highest BCUT2D eigenvalue weighted by Crippen LogP contribution is 2.13. The lowest BCUT2D eigenvalue weighted by atomic mass is 10.2. The average molecular weight is 205 g/mol. The second-order valence-corrected chi connectivity index (χ2v) is 2.99. The first-order chi connectivity index (χ1) is 7.16. The highest BCUT2D eigenvalue weighted by atomic mass is 16.6. The van der Waals surface area contributed by atoms with Crippen LogP contribution >= 0.6 is 0 Å². The number of pyridine rings is 1. The average Bonchev–Trinajstić information content (AvgIpc) is 2.18. The summed E-state index contributed by atoms with van der Waals surface area (Å²) in [5.41, 5.74) is 0.170. The largest absolute Gasteiger partial charge is 0.707 e. The van der Waals surface area contributed by atoms with Gasteiger partial charge in [-0.05, 0) is 12.1 Å². The summed E-state index contributed by atoms with van der Waals surface area (Å²) >= 11 is 0. The lowest BCUT2D eigenvalue weighted by molar-refractivity contribution is 0.286. The topological polar surface area (TPSA) is 82.6 Å². The molecule has 0 spiro atoms. The summed E-state index contributed by atoms with van der Waals surface area (Å²) in [5.74, 6) is -0.122. The Labute approximate surface area is 85.1 Å². The molecule has 0 aliphatic carbocycles. The minimum Gasteiger partial charge on any atom is -0.508 e. The van der Waals surface area contributed by atoms with Gasteiger partial charge >= 0.3 is 7.32 Å². The van der Waals surface area contributed by atoms with Gasteiger partial charge in [-0.3, -0.25) is 4.79 Å². The van der Waals surface area contributed by atoms with E-state index in [4.69, 9.17) is 10.0 Å². The summed E-state index contributed by atoms with van der Waals surface area (Å²) in [6.07, 6.45) is 0. The van der Waals surface area contributed by atoms with Gasteiger partial charge in [-0.25, -0.2) is 0 Å². The fourth-order valence-corrected chi connectivity index (χ4v) is 1.33. The number of rotatable bonds is 2. The van der Waals surface area contributed by atoms with Gasteiger partial charge in [0.15, 0.2) is 5.75 Å². The zero-order chi connectivity index (χ0) is 10.8. The monoisotopic (exact) mass is 205 g/mol. The third kappa shape index (κ3) is 2.00. The highest BCUT2D eigenvalue weighted by Gasteiger charge is 2.14. The maximum absolute atomic E-state index is 11.4. The van der Waals surface area contributed by atoms with Crippen molar-refractivity contribution >= 4 is 18.2 Å². The fraction of sp³-hybridized carbons (Fsp3) is 0. The SMILES string of the molecule is O=c1[nH]c2ccccc2cc1OB(O)O. The molecule has 1 heterocycles. The smallest absolute Gasteiger partial charge is 0.508 e. The van der Waals surface area contributed by atoms with E-state index >= 15 is 0 Å². The Morgan fingerprint density at radius 1 is 1.27 bits per heavy atom. The third-order valence-corrected chi connectivity index (χ3v) is 1.95. The molecule has 5 nitrogen and oxygen atoms in total. The van der Waals surface area contributed by atoms with E-state index in [-0.39, 0.29) is 5.75 Å². The van der Waals surface area contributed by atoms with Crippen LogP contribution in [0.15, 0.2) is 35.1 Å². The zero-order valence-corrected chi connectivity index (χ0v) is 7.68. The van der Waals surface area contributed by atoms with Crippen LogP contribution in [0.5, 0.6) is 5.75 Å². The van der Waals surface area contributed by atoms with E-state index in [0.29, 0.717) is 5.52 Å². The maximum atomic E-state index is 11.4. The minimum absolute atomic E-state index is 0.122. The van der Waals surface area contributed by atoms with Crippen LogP contribution in [0.2, 0.25) is 0 Å².